The second-order valence-electron chi connectivity index (χ2n) is 6.39. The average Bonchev–Trinajstić information content (AvgIpc) is 2.59. The molecular weight excluding hydrogens is 307 g/mol. The first-order valence-corrected chi connectivity index (χ1v) is 8.73. The van der Waals surface area contributed by atoms with E-state index in [4.69, 9.17) is 11.6 Å². The molecule has 120 valence electrons. The fraction of sp³-hybridized carbons (Fsp3) is 0.333. The molecule has 0 aromatic heterocycles. The zero-order valence-electron chi connectivity index (χ0n) is 13.4. The third-order valence-electron chi connectivity index (χ3n) is 4.87. The summed E-state index contributed by atoms with van der Waals surface area (Å²) in [5.41, 5.74) is 3.31. The van der Waals surface area contributed by atoms with Crippen molar-refractivity contribution >= 4 is 11.6 Å². The van der Waals surface area contributed by atoms with E-state index < -0.39 is 0 Å². The second-order valence-corrected chi connectivity index (χ2v) is 6.80. The van der Waals surface area contributed by atoms with E-state index in [-0.39, 0.29) is 10.8 Å². The molecule has 1 aliphatic rings. The monoisotopic (exact) mass is 328 g/mol. The Balaban J connectivity index is 1.71. The highest BCUT2D eigenvalue weighted by Crippen LogP contribution is 2.37. The molecule has 2 heteroatoms. The molecule has 0 spiro atoms. The quantitative estimate of drug-likeness (QED) is 0.532. The summed E-state index contributed by atoms with van der Waals surface area (Å²) in [4.78, 5) is 0. The molecule has 0 radical (unpaired) electrons. The van der Waals surface area contributed by atoms with Crippen LogP contribution in [-0.4, -0.2) is 0 Å². The van der Waals surface area contributed by atoms with Gasteiger partial charge < -0.3 is 0 Å². The minimum Gasteiger partial charge on any atom is -0.205 e. The summed E-state index contributed by atoms with van der Waals surface area (Å²) >= 11 is 5.75. The van der Waals surface area contributed by atoms with E-state index in [0.717, 1.165) is 17.0 Å². The van der Waals surface area contributed by atoms with Crippen LogP contribution in [0.2, 0.25) is 5.02 Å². The van der Waals surface area contributed by atoms with Crippen LogP contribution in [-0.2, 0) is 0 Å². The van der Waals surface area contributed by atoms with Gasteiger partial charge in [0.1, 0.15) is 5.82 Å². The Labute approximate surface area is 143 Å². The first-order chi connectivity index (χ1) is 11.2. The van der Waals surface area contributed by atoms with Gasteiger partial charge in [-0.3, -0.25) is 0 Å². The lowest BCUT2D eigenvalue weighted by Crippen LogP contribution is -2.11. The van der Waals surface area contributed by atoms with Gasteiger partial charge in [0.2, 0.25) is 0 Å². The van der Waals surface area contributed by atoms with Gasteiger partial charge in [0.05, 0.1) is 5.02 Å². The summed E-state index contributed by atoms with van der Waals surface area (Å²) in [6.45, 7) is 2.10. The third-order valence-corrected chi connectivity index (χ3v) is 5.18. The topological polar surface area (TPSA) is 0 Å². The maximum absolute atomic E-state index is 13.6. The van der Waals surface area contributed by atoms with Crippen molar-refractivity contribution in [3.63, 3.8) is 0 Å². The molecule has 0 atom stereocenters. The molecule has 3 rings (SSSR count). The molecule has 1 saturated carbocycles. The van der Waals surface area contributed by atoms with Crippen LogP contribution in [0.4, 0.5) is 4.39 Å². The van der Waals surface area contributed by atoms with Gasteiger partial charge in [-0.05, 0) is 73.3 Å². The van der Waals surface area contributed by atoms with Gasteiger partial charge in [-0.2, -0.15) is 0 Å². The standard InChI is InChI=1S/C21H22ClF/c1-2-3-15-4-6-16(7-5-15)17-8-10-18(11-9-17)19-12-13-20(22)21(23)14-19/h2-3,8-16H,4-7H2,1H3/t15-,16-. The van der Waals surface area contributed by atoms with Crippen LogP contribution in [0, 0.1) is 11.7 Å². The highest BCUT2D eigenvalue weighted by molar-refractivity contribution is 6.30. The molecule has 2 aromatic rings. The predicted molar refractivity (Wildman–Crippen MR) is 96.4 cm³/mol. The minimum absolute atomic E-state index is 0.170. The van der Waals surface area contributed by atoms with E-state index in [1.807, 2.05) is 6.07 Å². The molecule has 1 aliphatic carbocycles. The summed E-state index contributed by atoms with van der Waals surface area (Å²) in [6.07, 6.45) is 9.57. The van der Waals surface area contributed by atoms with Crippen LogP contribution >= 0.6 is 11.6 Å². The summed E-state index contributed by atoms with van der Waals surface area (Å²) in [7, 11) is 0. The fourth-order valence-corrected chi connectivity index (χ4v) is 3.66. The number of hydrogen-bond acceptors (Lipinski definition) is 0. The predicted octanol–water partition coefficient (Wildman–Crippen LogP) is 7.00. The maximum atomic E-state index is 13.6. The average molecular weight is 329 g/mol. The van der Waals surface area contributed by atoms with Crippen molar-refractivity contribution in [3.05, 3.63) is 71.0 Å². The van der Waals surface area contributed by atoms with Crippen molar-refractivity contribution in [1.29, 1.82) is 0 Å². The van der Waals surface area contributed by atoms with E-state index in [1.165, 1.54) is 37.3 Å². The summed E-state index contributed by atoms with van der Waals surface area (Å²) in [5, 5.41) is 0.170. The van der Waals surface area contributed by atoms with Gasteiger partial charge in [0.25, 0.3) is 0 Å². The highest BCUT2D eigenvalue weighted by Gasteiger charge is 2.20. The van der Waals surface area contributed by atoms with E-state index in [9.17, 15) is 4.39 Å². The molecule has 1 fully saturated rings. The number of allylic oxidation sites excluding steroid dienone is 2. The van der Waals surface area contributed by atoms with Crippen LogP contribution in [0.25, 0.3) is 11.1 Å². The van der Waals surface area contributed by atoms with Gasteiger partial charge in [-0.25, -0.2) is 4.39 Å². The summed E-state index contributed by atoms with van der Waals surface area (Å²) in [6, 6.07) is 13.6. The lowest BCUT2D eigenvalue weighted by molar-refractivity contribution is 0.376. The molecule has 0 heterocycles. The van der Waals surface area contributed by atoms with E-state index in [2.05, 4.69) is 43.3 Å². The van der Waals surface area contributed by atoms with Crippen molar-refractivity contribution < 1.29 is 4.39 Å². The van der Waals surface area contributed by atoms with Crippen molar-refractivity contribution in [2.24, 2.45) is 5.92 Å². The fourth-order valence-electron chi connectivity index (χ4n) is 3.54. The Morgan fingerprint density at radius 2 is 1.61 bits per heavy atom. The van der Waals surface area contributed by atoms with Crippen LogP contribution in [0.1, 0.15) is 44.1 Å². The second kappa shape index (κ2) is 7.31. The maximum Gasteiger partial charge on any atom is 0.142 e. The molecule has 0 unspecified atom stereocenters. The van der Waals surface area contributed by atoms with Gasteiger partial charge >= 0.3 is 0 Å². The highest BCUT2D eigenvalue weighted by atomic mass is 35.5. The zero-order valence-corrected chi connectivity index (χ0v) is 14.2. The molecule has 0 saturated heterocycles. The minimum atomic E-state index is -0.365. The Bertz CT molecular complexity index is 679. The van der Waals surface area contributed by atoms with E-state index >= 15 is 0 Å². The molecule has 2 aromatic carbocycles. The number of benzene rings is 2. The number of hydrogen-bond donors (Lipinski definition) is 0. The largest absolute Gasteiger partial charge is 0.205 e. The molecule has 23 heavy (non-hydrogen) atoms. The Morgan fingerprint density at radius 1 is 0.957 bits per heavy atom. The third kappa shape index (κ3) is 3.84. The lowest BCUT2D eigenvalue weighted by Gasteiger charge is -2.27. The van der Waals surface area contributed by atoms with Crippen molar-refractivity contribution in [3.8, 4) is 11.1 Å². The van der Waals surface area contributed by atoms with Crippen molar-refractivity contribution in [2.45, 2.75) is 38.5 Å². The first kappa shape index (κ1) is 16.3. The molecule has 0 bridgehead atoms. The van der Waals surface area contributed by atoms with Crippen LogP contribution in [0.5, 0.6) is 0 Å². The van der Waals surface area contributed by atoms with Gasteiger partial charge in [-0.1, -0.05) is 54.1 Å². The molecule has 0 N–H and O–H groups in total. The molecular formula is C21H22ClF. The Morgan fingerprint density at radius 3 is 2.22 bits per heavy atom. The summed E-state index contributed by atoms with van der Waals surface area (Å²) < 4.78 is 13.6. The van der Waals surface area contributed by atoms with Crippen molar-refractivity contribution in [2.75, 3.05) is 0 Å². The van der Waals surface area contributed by atoms with Crippen LogP contribution < -0.4 is 0 Å². The number of halogens is 2. The smallest absolute Gasteiger partial charge is 0.142 e. The van der Waals surface area contributed by atoms with E-state index in [1.54, 1.807) is 6.07 Å². The Kier molecular flexibility index (Phi) is 5.17. The lowest BCUT2D eigenvalue weighted by atomic mass is 9.78. The summed E-state index contributed by atoms with van der Waals surface area (Å²) in [5.74, 6) is 1.05. The van der Waals surface area contributed by atoms with Crippen molar-refractivity contribution in [1.82, 2.24) is 0 Å². The Hall–Kier alpha value is -1.60. The van der Waals surface area contributed by atoms with Gasteiger partial charge in [-0.15, -0.1) is 0 Å². The van der Waals surface area contributed by atoms with E-state index in [0.29, 0.717) is 5.92 Å². The number of rotatable bonds is 3. The molecule has 0 aliphatic heterocycles. The van der Waals surface area contributed by atoms with Gasteiger partial charge in [0, 0.05) is 0 Å². The molecule has 0 amide bonds. The van der Waals surface area contributed by atoms with Gasteiger partial charge in [0.15, 0.2) is 0 Å². The van der Waals surface area contributed by atoms with Crippen LogP contribution in [0.3, 0.4) is 0 Å². The zero-order chi connectivity index (χ0) is 16.2. The normalized spacial score (nSPS) is 21.7. The van der Waals surface area contributed by atoms with Crippen LogP contribution in [0.15, 0.2) is 54.6 Å². The molecule has 0 nitrogen and oxygen atoms in total. The first-order valence-electron chi connectivity index (χ1n) is 8.35. The SMILES string of the molecule is CC=C[C@H]1CC[C@H](c2ccc(-c3ccc(Cl)c(F)c3)cc2)CC1.